The van der Waals surface area contributed by atoms with E-state index in [0.29, 0.717) is 0 Å². The van der Waals surface area contributed by atoms with Crippen LogP contribution in [0.25, 0.3) is 0 Å². The van der Waals surface area contributed by atoms with E-state index in [0.717, 1.165) is 17.1 Å². The number of methoxy groups -OCH3 is 1. The molecule has 0 aliphatic rings. The zero-order valence-electron chi connectivity index (χ0n) is 14.2. The minimum absolute atomic E-state index is 0.0337. The molecule has 0 saturated carbocycles. The number of carbonyl (C=O) groups is 2. The largest absolute Gasteiger partial charge is 0.468 e. The third-order valence-corrected chi connectivity index (χ3v) is 4.50. The van der Waals surface area contributed by atoms with Crippen molar-refractivity contribution in [1.29, 1.82) is 0 Å². The number of hydrogen-bond acceptors (Lipinski definition) is 5. The van der Waals surface area contributed by atoms with Gasteiger partial charge in [0.05, 0.1) is 24.2 Å². The predicted octanol–water partition coefficient (Wildman–Crippen LogP) is 2.69. The summed E-state index contributed by atoms with van der Waals surface area (Å²) >= 11 is 1.55. The van der Waals surface area contributed by atoms with Gasteiger partial charge in [0, 0.05) is 17.8 Å². The van der Waals surface area contributed by atoms with E-state index in [1.54, 1.807) is 11.3 Å². The topological polar surface area (TPSA) is 59.5 Å². The lowest BCUT2D eigenvalue weighted by Gasteiger charge is -2.25. The van der Waals surface area contributed by atoms with Gasteiger partial charge in [0.25, 0.3) is 0 Å². The smallest absolute Gasteiger partial charge is 0.325 e. The van der Waals surface area contributed by atoms with Crippen molar-refractivity contribution in [2.75, 3.05) is 13.7 Å². The first-order valence-corrected chi connectivity index (χ1v) is 8.71. The number of rotatable bonds is 7. The number of hydrogen-bond donors (Lipinski definition) is 0. The van der Waals surface area contributed by atoms with Crippen LogP contribution in [0.4, 0.5) is 0 Å². The standard InChI is InChI=1S/C18H22N2O3S/c1-13(2)20(11-18(22)23-3)17(21)10-15-12-24-16(19-15)9-14-7-5-4-6-8-14/h4-8,12-13H,9-11H2,1-3H3. The third-order valence-electron chi connectivity index (χ3n) is 3.60. The van der Waals surface area contributed by atoms with Crippen molar-refractivity contribution in [2.24, 2.45) is 0 Å². The Hall–Kier alpha value is -2.21. The Balaban J connectivity index is 1.99. The van der Waals surface area contributed by atoms with E-state index in [2.05, 4.69) is 21.9 Å². The van der Waals surface area contributed by atoms with E-state index in [1.165, 1.54) is 17.6 Å². The second-order valence-corrected chi connectivity index (χ2v) is 6.71. The van der Waals surface area contributed by atoms with Crippen LogP contribution in [0.1, 0.15) is 30.1 Å². The summed E-state index contributed by atoms with van der Waals surface area (Å²) in [5.41, 5.74) is 1.94. The van der Waals surface area contributed by atoms with Crippen LogP contribution >= 0.6 is 11.3 Å². The maximum Gasteiger partial charge on any atom is 0.325 e. The van der Waals surface area contributed by atoms with Gasteiger partial charge in [-0.3, -0.25) is 9.59 Å². The highest BCUT2D eigenvalue weighted by molar-refractivity contribution is 7.09. The maximum absolute atomic E-state index is 12.5. The molecule has 1 heterocycles. The number of benzene rings is 1. The average molecular weight is 346 g/mol. The molecule has 1 aromatic carbocycles. The lowest BCUT2D eigenvalue weighted by Crippen LogP contribution is -2.41. The van der Waals surface area contributed by atoms with Gasteiger partial charge in [-0.25, -0.2) is 4.98 Å². The highest BCUT2D eigenvalue weighted by Gasteiger charge is 2.21. The number of esters is 1. The van der Waals surface area contributed by atoms with Gasteiger partial charge in [-0.15, -0.1) is 11.3 Å². The Morgan fingerprint density at radius 3 is 2.58 bits per heavy atom. The summed E-state index contributed by atoms with van der Waals surface area (Å²) in [7, 11) is 1.32. The van der Waals surface area contributed by atoms with Crippen molar-refractivity contribution in [2.45, 2.75) is 32.7 Å². The molecule has 1 amide bonds. The van der Waals surface area contributed by atoms with Crippen molar-refractivity contribution in [3.05, 3.63) is 52.0 Å². The van der Waals surface area contributed by atoms with E-state index in [1.807, 2.05) is 37.4 Å². The van der Waals surface area contributed by atoms with Crippen LogP contribution in [-0.4, -0.2) is 41.5 Å². The van der Waals surface area contributed by atoms with Gasteiger partial charge in [0.15, 0.2) is 0 Å². The SMILES string of the molecule is COC(=O)CN(C(=O)Cc1csc(Cc2ccccc2)n1)C(C)C. The van der Waals surface area contributed by atoms with Crippen LogP contribution < -0.4 is 0 Å². The lowest BCUT2D eigenvalue weighted by molar-refractivity contribution is -0.148. The highest BCUT2D eigenvalue weighted by atomic mass is 32.1. The monoisotopic (exact) mass is 346 g/mol. The fourth-order valence-electron chi connectivity index (χ4n) is 2.30. The van der Waals surface area contributed by atoms with Crippen LogP contribution in [-0.2, 0) is 27.2 Å². The number of amides is 1. The van der Waals surface area contributed by atoms with E-state index < -0.39 is 5.97 Å². The van der Waals surface area contributed by atoms with Crippen molar-refractivity contribution in [1.82, 2.24) is 9.88 Å². The molecule has 6 heteroatoms. The van der Waals surface area contributed by atoms with Gasteiger partial charge in [-0.05, 0) is 19.4 Å². The average Bonchev–Trinajstić information content (AvgIpc) is 2.99. The molecular formula is C18H22N2O3S. The second kappa shape index (κ2) is 8.59. The van der Waals surface area contributed by atoms with Gasteiger partial charge in [-0.1, -0.05) is 30.3 Å². The Labute approximate surface area is 146 Å². The third kappa shape index (κ3) is 5.16. The zero-order chi connectivity index (χ0) is 17.5. The van der Waals surface area contributed by atoms with Crippen LogP contribution in [0, 0.1) is 0 Å². The molecule has 0 radical (unpaired) electrons. The van der Waals surface area contributed by atoms with E-state index >= 15 is 0 Å². The Morgan fingerprint density at radius 2 is 1.96 bits per heavy atom. The summed E-state index contributed by atoms with van der Waals surface area (Å²) in [5, 5.41) is 2.89. The molecule has 0 saturated heterocycles. The summed E-state index contributed by atoms with van der Waals surface area (Å²) in [6.45, 7) is 3.72. The summed E-state index contributed by atoms with van der Waals surface area (Å²) in [6, 6.07) is 10.0. The number of carbonyl (C=O) groups excluding carboxylic acids is 2. The molecule has 0 atom stereocenters. The first-order chi connectivity index (χ1) is 11.5. The normalized spacial score (nSPS) is 10.7. The Bertz CT molecular complexity index is 683. The van der Waals surface area contributed by atoms with Crippen molar-refractivity contribution < 1.29 is 14.3 Å². The molecule has 0 aliphatic carbocycles. The first-order valence-electron chi connectivity index (χ1n) is 7.83. The molecule has 0 bridgehead atoms. The fourth-order valence-corrected chi connectivity index (χ4v) is 3.13. The lowest BCUT2D eigenvalue weighted by atomic mass is 10.2. The number of aromatic nitrogens is 1. The molecule has 5 nitrogen and oxygen atoms in total. The van der Waals surface area contributed by atoms with Gasteiger partial charge >= 0.3 is 5.97 Å². The molecule has 1 aromatic heterocycles. The summed E-state index contributed by atoms with van der Waals surface area (Å²) < 4.78 is 4.66. The van der Waals surface area contributed by atoms with E-state index in [9.17, 15) is 9.59 Å². The molecule has 0 spiro atoms. The van der Waals surface area contributed by atoms with Crippen molar-refractivity contribution in [3.63, 3.8) is 0 Å². The van der Waals surface area contributed by atoms with Crippen molar-refractivity contribution >= 4 is 23.2 Å². The van der Waals surface area contributed by atoms with Gasteiger partial charge in [0.1, 0.15) is 6.54 Å². The molecule has 0 N–H and O–H groups in total. The molecule has 0 unspecified atom stereocenters. The second-order valence-electron chi connectivity index (χ2n) is 5.76. The van der Waals surface area contributed by atoms with Gasteiger partial charge in [0.2, 0.25) is 5.91 Å². The maximum atomic E-state index is 12.5. The highest BCUT2D eigenvalue weighted by Crippen LogP contribution is 2.16. The summed E-state index contributed by atoms with van der Waals surface area (Å²) in [4.78, 5) is 30.0. The molecular weight excluding hydrogens is 324 g/mol. The van der Waals surface area contributed by atoms with Crippen LogP contribution in [0.15, 0.2) is 35.7 Å². The number of thiazole rings is 1. The summed E-state index contributed by atoms with van der Waals surface area (Å²) in [6.07, 6.45) is 0.955. The van der Waals surface area contributed by atoms with Crippen molar-refractivity contribution in [3.8, 4) is 0 Å². The molecule has 24 heavy (non-hydrogen) atoms. The minimum Gasteiger partial charge on any atom is -0.468 e. The fraction of sp³-hybridized carbons (Fsp3) is 0.389. The molecule has 0 aliphatic heterocycles. The molecule has 2 aromatic rings. The van der Waals surface area contributed by atoms with Gasteiger partial charge < -0.3 is 9.64 Å². The molecule has 0 fully saturated rings. The number of nitrogens with zero attached hydrogens (tertiary/aromatic N) is 2. The zero-order valence-corrected chi connectivity index (χ0v) is 15.0. The number of ether oxygens (including phenoxy) is 1. The van der Waals surface area contributed by atoms with Crippen LogP contribution in [0.3, 0.4) is 0 Å². The van der Waals surface area contributed by atoms with E-state index in [-0.39, 0.29) is 24.9 Å². The summed E-state index contributed by atoms with van der Waals surface area (Å²) in [5.74, 6) is -0.535. The molecule has 128 valence electrons. The van der Waals surface area contributed by atoms with Crippen LogP contribution in [0.5, 0.6) is 0 Å². The predicted molar refractivity (Wildman–Crippen MR) is 93.9 cm³/mol. The quantitative estimate of drug-likeness (QED) is 0.723. The van der Waals surface area contributed by atoms with Crippen LogP contribution in [0.2, 0.25) is 0 Å². The van der Waals surface area contributed by atoms with Gasteiger partial charge in [-0.2, -0.15) is 0 Å². The first kappa shape index (κ1) is 18.1. The Kier molecular flexibility index (Phi) is 6.49. The Morgan fingerprint density at radius 1 is 1.25 bits per heavy atom. The minimum atomic E-state index is -0.417. The van der Waals surface area contributed by atoms with E-state index in [4.69, 9.17) is 0 Å². The molecule has 2 rings (SSSR count).